The molecule has 0 saturated heterocycles. The molecule has 12 heavy (non-hydrogen) atoms. The van der Waals surface area contributed by atoms with Gasteiger partial charge in [-0.2, -0.15) is 0 Å². The Kier molecular flexibility index (Phi) is 1.69. The zero-order valence-electron chi connectivity index (χ0n) is 6.14. The Labute approximate surface area is 68.1 Å². The van der Waals surface area contributed by atoms with Gasteiger partial charge in [0.15, 0.2) is 5.82 Å². The van der Waals surface area contributed by atoms with E-state index in [1.807, 2.05) is 12.1 Å². The number of furan rings is 1. The summed E-state index contributed by atoms with van der Waals surface area (Å²) in [4.78, 5) is 0. The first-order valence-electron chi connectivity index (χ1n) is 3.40. The van der Waals surface area contributed by atoms with E-state index in [0.717, 1.165) is 5.76 Å². The standard InChI is InChI=1S/C7H6N4O/c1-2-6(12-5-1)3-4-7-8-10-11-9-7/h1-5H,(H,8,9,10,11)/b4-3+. The smallest absolute Gasteiger partial charge is 0.172 e. The van der Waals surface area contributed by atoms with Crippen molar-refractivity contribution in [1.82, 2.24) is 20.6 Å². The number of nitrogens with zero attached hydrogens (tertiary/aromatic N) is 3. The molecule has 0 aliphatic carbocycles. The van der Waals surface area contributed by atoms with E-state index < -0.39 is 0 Å². The number of hydrogen-bond donors (Lipinski definition) is 1. The first kappa shape index (κ1) is 6.78. The van der Waals surface area contributed by atoms with Crippen molar-refractivity contribution < 1.29 is 4.42 Å². The molecule has 0 aliphatic rings. The second-order valence-corrected chi connectivity index (χ2v) is 2.14. The topological polar surface area (TPSA) is 67.6 Å². The Morgan fingerprint density at radius 1 is 1.42 bits per heavy atom. The monoisotopic (exact) mass is 162 g/mol. The van der Waals surface area contributed by atoms with Gasteiger partial charge in [-0.15, -0.1) is 5.10 Å². The predicted octanol–water partition coefficient (Wildman–Crippen LogP) is 0.963. The van der Waals surface area contributed by atoms with Gasteiger partial charge in [-0.1, -0.05) is 0 Å². The molecular formula is C7H6N4O. The van der Waals surface area contributed by atoms with Gasteiger partial charge in [0.1, 0.15) is 5.76 Å². The molecule has 2 rings (SSSR count). The van der Waals surface area contributed by atoms with Crippen LogP contribution in [0.1, 0.15) is 11.6 Å². The number of tetrazole rings is 1. The van der Waals surface area contributed by atoms with E-state index in [1.54, 1.807) is 18.4 Å². The average molecular weight is 162 g/mol. The molecule has 0 aliphatic heterocycles. The summed E-state index contributed by atoms with van der Waals surface area (Å²) in [5.41, 5.74) is 0. The fraction of sp³-hybridized carbons (Fsp3) is 0. The van der Waals surface area contributed by atoms with Gasteiger partial charge in [-0.25, -0.2) is 5.10 Å². The highest BCUT2D eigenvalue weighted by atomic mass is 16.3. The van der Waals surface area contributed by atoms with Gasteiger partial charge in [0.05, 0.1) is 6.26 Å². The maximum atomic E-state index is 5.06. The minimum Gasteiger partial charge on any atom is -0.465 e. The molecular weight excluding hydrogens is 156 g/mol. The lowest BCUT2D eigenvalue weighted by Crippen LogP contribution is -1.73. The Morgan fingerprint density at radius 3 is 3.08 bits per heavy atom. The van der Waals surface area contributed by atoms with Crippen LogP contribution in [-0.2, 0) is 0 Å². The predicted molar refractivity (Wildman–Crippen MR) is 41.8 cm³/mol. The highest BCUT2D eigenvalue weighted by Crippen LogP contribution is 2.03. The third-order valence-electron chi connectivity index (χ3n) is 1.31. The maximum absolute atomic E-state index is 5.06. The van der Waals surface area contributed by atoms with E-state index >= 15 is 0 Å². The molecule has 0 saturated carbocycles. The summed E-state index contributed by atoms with van der Waals surface area (Å²) in [5.74, 6) is 1.37. The van der Waals surface area contributed by atoms with Crippen molar-refractivity contribution >= 4 is 12.2 Å². The summed E-state index contributed by atoms with van der Waals surface area (Å²) >= 11 is 0. The third-order valence-corrected chi connectivity index (χ3v) is 1.31. The van der Waals surface area contributed by atoms with Crippen molar-refractivity contribution in [2.24, 2.45) is 0 Å². The lowest BCUT2D eigenvalue weighted by molar-refractivity contribution is 0.557. The molecule has 0 atom stereocenters. The van der Waals surface area contributed by atoms with Crippen molar-refractivity contribution in [3.63, 3.8) is 0 Å². The molecule has 5 heteroatoms. The Morgan fingerprint density at radius 2 is 2.42 bits per heavy atom. The zero-order valence-corrected chi connectivity index (χ0v) is 6.14. The second kappa shape index (κ2) is 3.00. The fourth-order valence-corrected chi connectivity index (χ4v) is 0.784. The van der Waals surface area contributed by atoms with Gasteiger partial charge in [0.2, 0.25) is 0 Å². The lowest BCUT2D eigenvalue weighted by Gasteiger charge is -1.80. The van der Waals surface area contributed by atoms with E-state index in [0.29, 0.717) is 5.82 Å². The van der Waals surface area contributed by atoms with Crippen LogP contribution in [0.3, 0.4) is 0 Å². The van der Waals surface area contributed by atoms with Crippen LogP contribution in [0.4, 0.5) is 0 Å². The molecule has 2 heterocycles. The highest BCUT2D eigenvalue weighted by Gasteiger charge is 1.90. The van der Waals surface area contributed by atoms with E-state index in [-0.39, 0.29) is 0 Å². The number of nitrogens with one attached hydrogen (secondary N) is 1. The molecule has 0 amide bonds. The lowest BCUT2D eigenvalue weighted by atomic mass is 10.4. The summed E-state index contributed by atoms with van der Waals surface area (Å²) in [7, 11) is 0. The number of H-pyrrole nitrogens is 1. The van der Waals surface area contributed by atoms with Gasteiger partial charge in [0, 0.05) is 0 Å². The van der Waals surface area contributed by atoms with Crippen molar-refractivity contribution in [3.8, 4) is 0 Å². The molecule has 0 fully saturated rings. The molecule has 0 unspecified atom stereocenters. The molecule has 1 N–H and O–H groups in total. The van der Waals surface area contributed by atoms with E-state index in [2.05, 4.69) is 20.6 Å². The third kappa shape index (κ3) is 1.39. The summed E-state index contributed by atoms with van der Waals surface area (Å²) in [6, 6.07) is 3.67. The van der Waals surface area contributed by atoms with Crippen LogP contribution < -0.4 is 0 Å². The van der Waals surface area contributed by atoms with Gasteiger partial charge in [-0.05, 0) is 34.7 Å². The summed E-state index contributed by atoms with van der Waals surface area (Å²) in [5, 5.41) is 13.1. The molecule has 0 aromatic carbocycles. The quantitative estimate of drug-likeness (QED) is 0.714. The Balaban J connectivity index is 2.14. The van der Waals surface area contributed by atoms with Crippen LogP contribution in [0.5, 0.6) is 0 Å². The zero-order chi connectivity index (χ0) is 8.23. The van der Waals surface area contributed by atoms with Crippen LogP contribution in [0.2, 0.25) is 0 Å². The summed E-state index contributed by atoms with van der Waals surface area (Å²) < 4.78 is 5.06. The van der Waals surface area contributed by atoms with Crippen LogP contribution in [-0.4, -0.2) is 20.6 Å². The van der Waals surface area contributed by atoms with Crippen LogP contribution in [0.25, 0.3) is 12.2 Å². The normalized spacial score (nSPS) is 11.0. The minimum absolute atomic E-state index is 0.603. The molecule has 0 spiro atoms. The Bertz CT molecular complexity index is 312. The second-order valence-electron chi connectivity index (χ2n) is 2.14. The average Bonchev–Trinajstić information content (AvgIpc) is 2.74. The van der Waals surface area contributed by atoms with Crippen LogP contribution in [0, 0.1) is 0 Å². The number of aromatic amines is 1. The van der Waals surface area contributed by atoms with Gasteiger partial charge in [-0.3, -0.25) is 0 Å². The van der Waals surface area contributed by atoms with Crippen molar-refractivity contribution in [2.45, 2.75) is 0 Å². The van der Waals surface area contributed by atoms with Crippen molar-refractivity contribution in [2.75, 3.05) is 0 Å². The SMILES string of the molecule is C(=C\c1ccco1)/c1nnn[nH]1. The summed E-state index contributed by atoms with van der Waals surface area (Å²) in [6.45, 7) is 0. The van der Waals surface area contributed by atoms with Gasteiger partial charge >= 0.3 is 0 Å². The van der Waals surface area contributed by atoms with E-state index in [9.17, 15) is 0 Å². The highest BCUT2D eigenvalue weighted by molar-refractivity contribution is 5.63. The molecule has 2 aromatic heterocycles. The number of hydrogen-bond acceptors (Lipinski definition) is 4. The first-order chi connectivity index (χ1) is 5.95. The van der Waals surface area contributed by atoms with E-state index in [1.165, 1.54) is 0 Å². The number of aromatic nitrogens is 4. The van der Waals surface area contributed by atoms with Gasteiger partial charge in [0.25, 0.3) is 0 Å². The van der Waals surface area contributed by atoms with Crippen LogP contribution in [0.15, 0.2) is 22.8 Å². The molecule has 2 aromatic rings. The van der Waals surface area contributed by atoms with Crippen LogP contribution >= 0.6 is 0 Å². The minimum atomic E-state index is 0.603. The molecule has 60 valence electrons. The molecule has 0 radical (unpaired) electrons. The Hall–Kier alpha value is -1.91. The van der Waals surface area contributed by atoms with Gasteiger partial charge < -0.3 is 4.42 Å². The molecule has 5 nitrogen and oxygen atoms in total. The molecule has 0 bridgehead atoms. The largest absolute Gasteiger partial charge is 0.465 e. The maximum Gasteiger partial charge on any atom is 0.172 e. The first-order valence-corrected chi connectivity index (χ1v) is 3.40. The van der Waals surface area contributed by atoms with Crippen molar-refractivity contribution in [3.05, 3.63) is 30.0 Å². The number of rotatable bonds is 2. The van der Waals surface area contributed by atoms with E-state index in [4.69, 9.17) is 4.42 Å². The summed E-state index contributed by atoms with van der Waals surface area (Å²) in [6.07, 6.45) is 5.12. The van der Waals surface area contributed by atoms with Crippen molar-refractivity contribution in [1.29, 1.82) is 0 Å². The fourth-order valence-electron chi connectivity index (χ4n) is 0.784.